The van der Waals surface area contributed by atoms with Crippen LogP contribution in [0.1, 0.15) is 32.1 Å². The number of rotatable bonds is 2. The highest BCUT2D eigenvalue weighted by molar-refractivity contribution is 5.80. The zero-order valence-electron chi connectivity index (χ0n) is 9.29. The van der Waals surface area contributed by atoms with E-state index in [-0.39, 0.29) is 24.8 Å². The Morgan fingerprint density at radius 3 is 2.62 bits per heavy atom. The topological polar surface area (TPSA) is 20.3 Å². The summed E-state index contributed by atoms with van der Waals surface area (Å²) < 4.78 is 25.4. The van der Waals surface area contributed by atoms with Crippen LogP contribution in [0.15, 0.2) is 12.7 Å². The molecule has 4 heteroatoms. The molecule has 0 aromatic rings. The van der Waals surface area contributed by atoms with E-state index in [0.29, 0.717) is 6.54 Å². The predicted molar refractivity (Wildman–Crippen MR) is 57.2 cm³/mol. The lowest BCUT2D eigenvalue weighted by Gasteiger charge is -2.41. The molecule has 16 heavy (non-hydrogen) atoms. The maximum Gasteiger partial charge on any atom is 0.249 e. The molecule has 1 unspecified atom stereocenters. The summed E-state index contributed by atoms with van der Waals surface area (Å²) in [5.74, 6) is -3.18. The molecule has 90 valence electrons. The first-order valence-corrected chi connectivity index (χ1v) is 5.84. The number of carbonyl (C=O) groups excluding carboxylic acids is 1. The number of nitrogens with zero attached hydrogens (tertiary/aromatic N) is 1. The molecule has 1 saturated heterocycles. The number of halogens is 2. The van der Waals surface area contributed by atoms with Gasteiger partial charge in [-0.3, -0.25) is 4.79 Å². The van der Waals surface area contributed by atoms with E-state index in [9.17, 15) is 13.6 Å². The van der Waals surface area contributed by atoms with Gasteiger partial charge in [0.15, 0.2) is 0 Å². The number of hydrogen-bond acceptors (Lipinski definition) is 1. The van der Waals surface area contributed by atoms with E-state index in [2.05, 4.69) is 6.58 Å². The molecule has 0 N–H and O–H groups in total. The fourth-order valence-corrected chi connectivity index (χ4v) is 2.55. The van der Waals surface area contributed by atoms with Crippen LogP contribution in [0.4, 0.5) is 8.78 Å². The number of carbonyl (C=O) groups is 1. The Bertz CT molecular complexity index is 295. The lowest BCUT2D eigenvalue weighted by molar-refractivity contribution is -0.162. The minimum absolute atomic E-state index is 0.0514. The van der Waals surface area contributed by atoms with E-state index in [0.717, 1.165) is 19.3 Å². The maximum absolute atomic E-state index is 12.7. The van der Waals surface area contributed by atoms with Gasteiger partial charge >= 0.3 is 0 Å². The number of amides is 1. The summed E-state index contributed by atoms with van der Waals surface area (Å²) in [5, 5.41) is 0. The largest absolute Gasteiger partial charge is 0.336 e. The molecule has 1 saturated carbocycles. The van der Waals surface area contributed by atoms with Crippen LogP contribution in [0.2, 0.25) is 0 Å². The molecule has 0 bridgehead atoms. The second-order valence-electron chi connectivity index (χ2n) is 4.79. The average molecular weight is 229 g/mol. The standard InChI is InChI=1S/C12H17F2NO/c1-2-10-5-3-4-6-15(10)11(16)9-7-12(13,14)8-9/h2,9-10H,1,3-8H2. The van der Waals surface area contributed by atoms with Crippen molar-refractivity contribution in [1.82, 2.24) is 4.90 Å². The van der Waals surface area contributed by atoms with Crippen molar-refractivity contribution in [3.05, 3.63) is 12.7 Å². The van der Waals surface area contributed by atoms with Gasteiger partial charge < -0.3 is 4.90 Å². The fourth-order valence-electron chi connectivity index (χ4n) is 2.55. The molecule has 2 nitrogen and oxygen atoms in total. The molecule has 0 radical (unpaired) electrons. The highest BCUT2D eigenvalue weighted by Crippen LogP contribution is 2.43. The summed E-state index contributed by atoms with van der Waals surface area (Å²) in [6.07, 6.45) is 4.19. The Balaban J connectivity index is 1.96. The number of alkyl halides is 2. The van der Waals surface area contributed by atoms with E-state index in [1.54, 1.807) is 11.0 Å². The second kappa shape index (κ2) is 4.15. The molecule has 1 atom stereocenters. The van der Waals surface area contributed by atoms with Crippen molar-refractivity contribution in [2.45, 2.75) is 44.1 Å². The monoisotopic (exact) mass is 229 g/mol. The number of likely N-dealkylation sites (tertiary alicyclic amines) is 1. The van der Waals surface area contributed by atoms with Gasteiger partial charge in [0.25, 0.3) is 0 Å². The Morgan fingerprint density at radius 2 is 2.06 bits per heavy atom. The third-order valence-electron chi connectivity index (χ3n) is 3.54. The highest BCUT2D eigenvalue weighted by Gasteiger charge is 2.50. The van der Waals surface area contributed by atoms with E-state index in [1.165, 1.54) is 0 Å². The van der Waals surface area contributed by atoms with Gasteiger partial charge in [0.1, 0.15) is 0 Å². The molecule has 0 aromatic carbocycles. The normalized spacial score (nSPS) is 29.6. The molecule has 1 aliphatic heterocycles. The summed E-state index contributed by atoms with van der Waals surface area (Å²) in [6, 6.07) is 0.0514. The Labute approximate surface area is 94.3 Å². The molecular weight excluding hydrogens is 212 g/mol. The van der Waals surface area contributed by atoms with Crippen LogP contribution in [0, 0.1) is 5.92 Å². The molecule has 2 aliphatic rings. The van der Waals surface area contributed by atoms with Crippen molar-refractivity contribution in [3.8, 4) is 0 Å². The quantitative estimate of drug-likeness (QED) is 0.666. The molecule has 2 rings (SSSR count). The van der Waals surface area contributed by atoms with Gasteiger partial charge in [-0.25, -0.2) is 8.78 Å². The van der Waals surface area contributed by atoms with Crippen LogP contribution >= 0.6 is 0 Å². The Kier molecular flexibility index (Phi) is 3.00. The first-order valence-electron chi connectivity index (χ1n) is 5.84. The van der Waals surface area contributed by atoms with Crippen molar-refractivity contribution in [1.29, 1.82) is 0 Å². The van der Waals surface area contributed by atoms with Crippen molar-refractivity contribution in [2.75, 3.05) is 6.54 Å². The van der Waals surface area contributed by atoms with Crippen molar-refractivity contribution in [3.63, 3.8) is 0 Å². The van der Waals surface area contributed by atoms with E-state index in [1.807, 2.05) is 0 Å². The van der Waals surface area contributed by atoms with Gasteiger partial charge in [-0.05, 0) is 19.3 Å². The van der Waals surface area contributed by atoms with E-state index in [4.69, 9.17) is 0 Å². The minimum Gasteiger partial charge on any atom is -0.336 e. The summed E-state index contributed by atoms with van der Waals surface area (Å²) in [7, 11) is 0. The number of piperidine rings is 1. The van der Waals surface area contributed by atoms with E-state index >= 15 is 0 Å². The van der Waals surface area contributed by atoms with Crippen molar-refractivity contribution < 1.29 is 13.6 Å². The summed E-state index contributed by atoms with van der Waals surface area (Å²) in [5.41, 5.74) is 0. The van der Waals surface area contributed by atoms with Crippen LogP contribution in [0.5, 0.6) is 0 Å². The molecule has 0 spiro atoms. The summed E-state index contributed by atoms with van der Waals surface area (Å²) in [4.78, 5) is 13.7. The van der Waals surface area contributed by atoms with Gasteiger partial charge in [-0.15, -0.1) is 6.58 Å². The van der Waals surface area contributed by atoms with Crippen molar-refractivity contribution >= 4 is 5.91 Å². The van der Waals surface area contributed by atoms with Gasteiger partial charge in [0.05, 0.1) is 0 Å². The molecule has 1 heterocycles. The lowest BCUT2D eigenvalue weighted by atomic mass is 9.79. The zero-order chi connectivity index (χ0) is 11.8. The van der Waals surface area contributed by atoms with Crippen LogP contribution < -0.4 is 0 Å². The summed E-state index contributed by atoms with van der Waals surface area (Å²) in [6.45, 7) is 4.40. The lowest BCUT2D eigenvalue weighted by Crippen LogP contribution is -2.51. The molecule has 1 aliphatic carbocycles. The van der Waals surface area contributed by atoms with Gasteiger partial charge in [0, 0.05) is 31.3 Å². The Hall–Kier alpha value is -0.930. The number of hydrogen-bond donors (Lipinski definition) is 0. The van der Waals surface area contributed by atoms with Gasteiger partial charge in [-0.1, -0.05) is 6.08 Å². The first-order chi connectivity index (χ1) is 7.53. The van der Waals surface area contributed by atoms with Crippen molar-refractivity contribution in [2.24, 2.45) is 5.92 Å². The minimum atomic E-state index is -2.61. The third kappa shape index (κ3) is 2.11. The van der Waals surface area contributed by atoms with Crippen LogP contribution in [-0.2, 0) is 4.79 Å². The van der Waals surface area contributed by atoms with Crippen LogP contribution in [0.3, 0.4) is 0 Å². The van der Waals surface area contributed by atoms with Gasteiger partial charge in [-0.2, -0.15) is 0 Å². The first kappa shape index (κ1) is 11.6. The van der Waals surface area contributed by atoms with Crippen LogP contribution in [0.25, 0.3) is 0 Å². The van der Waals surface area contributed by atoms with Crippen LogP contribution in [-0.4, -0.2) is 29.3 Å². The fraction of sp³-hybridized carbons (Fsp3) is 0.750. The summed E-state index contributed by atoms with van der Waals surface area (Å²) >= 11 is 0. The predicted octanol–water partition coefficient (Wildman–Crippen LogP) is 2.60. The van der Waals surface area contributed by atoms with Gasteiger partial charge in [0.2, 0.25) is 11.8 Å². The highest BCUT2D eigenvalue weighted by atomic mass is 19.3. The molecule has 1 amide bonds. The Morgan fingerprint density at radius 1 is 1.38 bits per heavy atom. The zero-order valence-corrected chi connectivity index (χ0v) is 9.29. The third-order valence-corrected chi connectivity index (χ3v) is 3.54. The van der Waals surface area contributed by atoms with E-state index < -0.39 is 11.8 Å². The SMILES string of the molecule is C=CC1CCCCN1C(=O)C1CC(F)(F)C1. The average Bonchev–Trinajstić information content (AvgIpc) is 2.24. The maximum atomic E-state index is 12.7. The molecule has 0 aromatic heterocycles. The second-order valence-corrected chi connectivity index (χ2v) is 4.79. The molecular formula is C12H17F2NO. The molecule has 2 fully saturated rings. The smallest absolute Gasteiger partial charge is 0.249 e.